The molecule has 0 amide bonds. The summed E-state index contributed by atoms with van der Waals surface area (Å²) in [5.41, 5.74) is 2.30. The molecule has 0 bridgehead atoms. The van der Waals surface area contributed by atoms with Crippen molar-refractivity contribution in [3.8, 4) is 0 Å². The largest absolute Gasteiger partial charge is 0.462 e. The maximum atomic E-state index is 12.1. The fourth-order valence-electron chi connectivity index (χ4n) is 3.93. The van der Waals surface area contributed by atoms with Crippen LogP contribution < -0.4 is 0 Å². The molecule has 4 nitrogen and oxygen atoms in total. The molecular weight excluding hydrogens is 408 g/mol. The van der Waals surface area contributed by atoms with E-state index in [1.807, 2.05) is 12.1 Å². The zero-order chi connectivity index (χ0) is 22.9. The molecule has 0 spiro atoms. The second-order valence-electron chi connectivity index (χ2n) is 9.52. The van der Waals surface area contributed by atoms with Crippen molar-refractivity contribution in [2.45, 2.75) is 77.9 Å². The molecule has 1 aromatic carbocycles. The Morgan fingerprint density at radius 1 is 1.06 bits per heavy atom. The van der Waals surface area contributed by atoms with Gasteiger partial charge in [-0.3, -0.25) is 0 Å². The number of ether oxygens (including phenoxy) is 1. The molecule has 0 radical (unpaired) electrons. The van der Waals surface area contributed by atoms with Crippen molar-refractivity contribution >= 4 is 21.9 Å². The summed E-state index contributed by atoms with van der Waals surface area (Å²) >= 11 is 0. The summed E-state index contributed by atoms with van der Waals surface area (Å²) in [4.78, 5) is 11.8. The van der Waals surface area contributed by atoms with Crippen LogP contribution in [0, 0.1) is 17.8 Å². The quantitative estimate of drug-likeness (QED) is 0.315. The van der Waals surface area contributed by atoms with Gasteiger partial charge in [0.15, 0.2) is 9.84 Å². The molecule has 2 rings (SSSR count). The predicted molar refractivity (Wildman–Crippen MR) is 129 cm³/mol. The summed E-state index contributed by atoms with van der Waals surface area (Å²) in [6, 6.07) is 8.35. The van der Waals surface area contributed by atoms with Crippen molar-refractivity contribution in [3.63, 3.8) is 0 Å². The first-order chi connectivity index (χ1) is 14.7. The van der Waals surface area contributed by atoms with Gasteiger partial charge in [-0.2, -0.15) is 0 Å². The fourth-order valence-corrected chi connectivity index (χ4v) is 5.30. The lowest BCUT2D eigenvalue weighted by atomic mass is 9.80. The maximum Gasteiger partial charge on any atom is 0.330 e. The van der Waals surface area contributed by atoms with Gasteiger partial charge < -0.3 is 4.74 Å². The molecular formula is C26H40O4S. The Morgan fingerprint density at radius 3 is 2.26 bits per heavy atom. The second kappa shape index (κ2) is 12.4. The van der Waals surface area contributed by atoms with E-state index in [-0.39, 0.29) is 11.2 Å². The van der Waals surface area contributed by atoms with Gasteiger partial charge >= 0.3 is 5.97 Å². The number of esters is 1. The van der Waals surface area contributed by atoms with Gasteiger partial charge in [0, 0.05) is 6.08 Å². The van der Waals surface area contributed by atoms with Gasteiger partial charge in [0.25, 0.3) is 0 Å². The van der Waals surface area contributed by atoms with Gasteiger partial charge in [-0.05, 0) is 74.5 Å². The lowest BCUT2D eigenvalue weighted by Gasteiger charge is -2.28. The highest BCUT2D eigenvalue weighted by Gasteiger charge is 2.27. The molecule has 0 aromatic heterocycles. The number of aryl methyl sites for hydroxylation is 1. The Hall–Kier alpha value is -1.62. The first-order valence-electron chi connectivity index (χ1n) is 11.8. The monoisotopic (exact) mass is 448 g/mol. The second-order valence-corrected chi connectivity index (χ2v) is 12.1. The molecule has 1 atom stereocenters. The molecule has 31 heavy (non-hydrogen) atoms. The zero-order valence-electron chi connectivity index (χ0n) is 19.7. The molecule has 0 saturated heterocycles. The molecule has 5 heteroatoms. The molecule has 0 N–H and O–H groups in total. The van der Waals surface area contributed by atoms with Crippen molar-refractivity contribution in [2.75, 3.05) is 12.4 Å². The van der Waals surface area contributed by atoms with Crippen LogP contribution in [0.2, 0.25) is 0 Å². The summed E-state index contributed by atoms with van der Waals surface area (Å²) < 4.78 is 29.5. The maximum absolute atomic E-state index is 12.1. The molecule has 1 aromatic rings. The van der Waals surface area contributed by atoms with E-state index >= 15 is 0 Å². The lowest BCUT2D eigenvalue weighted by Crippen LogP contribution is -2.26. The fraction of sp³-hybridized carbons (Fsp3) is 0.654. The number of hydrogen-bond donors (Lipinski definition) is 0. The number of carbonyl (C=O) groups is 1. The Balaban J connectivity index is 1.72. The van der Waals surface area contributed by atoms with E-state index in [2.05, 4.69) is 26.0 Å². The standard InChI is InChI=1S/C26H40O4S/c1-5-21(4)18-30-26(27)17-16-24-10-8-22(9-11-24)6-7-23-12-14-25(15-13-23)19-31(28,29)20(2)3/h8-11,16-17,20-21,23,25H,5-7,12-15,18-19H2,1-4H3/b17-16+. The van der Waals surface area contributed by atoms with Gasteiger partial charge in [0.2, 0.25) is 0 Å². The number of rotatable bonds is 11. The van der Waals surface area contributed by atoms with E-state index in [9.17, 15) is 13.2 Å². The van der Waals surface area contributed by atoms with Crippen LogP contribution >= 0.6 is 0 Å². The predicted octanol–water partition coefficient (Wildman–Crippen LogP) is 5.85. The highest BCUT2D eigenvalue weighted by molar-refractivity contribution is 7.91. The topological polar surface area (TPSA) is 60.4 Å². The van der Waals surface area contributed by atoms with Gasteiger partial charge in [0.1, 0.15) is 0 Å². The molecule has 0 heterocycles. The van der Waals surface area contributed by atoms with Crippen molar-refractivity contribution in [1.82, 2.24) is 0 Å². The van der Waals surface area contributed by atoms with E-state index < -0.39 is 9.84 Å². The van der Waals surface area contributed by atoms with Crippen LogP contribution in [0.1, 0.15) is 77.3 Å². The summed E-state index contributed by atoms with van der Waals surface area (Å²) in [6.07, 6.45) is 10.8. The third kappa shape index (κ3) is 9.18. The average molecular weight is 449 g/mol. The Kier molecular flexibility index (Phi) is 10.3. The smallest absolute Gasteiger partial charge is 0.330 e. The third-order valence-electron chi connectivity index (χ3n) is 6.59. The highest BCUT2D eigenvalue weighted by atomic mass is 32.2. The van der Waals surface area contributed by atoms with Gasteiger partial charge in [-0.25, -0.2) is 13.2 Å². The molecule has 1 saturated carbocycles. The van der Waals surface area contributed by atoms with Crippen LogP contribution in [-0.4, -0.2) is 32.0 Å². The summed E-state index contributed by atoms with van der Waals surface area (Å²) in [7, 11) is -2.93. The van der Waals surface area contributed by atoms with E-state index in [1.165, 1.54) is 11.6 Å². The first-order valence-corrected chi connectivity index (χ1v) is 13.6. The van der Waals surface area contributed by atoms with Crippen molar-refractivity contribution in [2.24, 2.45) is 17.8 Å². The summed E-state index contributed by atoms with van der Waals surface area (Å²) in [5, 5.41) is -0.265. The van der Waals surface area contributed by atoms with Crippen LogP contribution in [0.4, 0.5) is 0 Å². The normalized spacial score (nSPS) is 20.8. The Bertz CT molecular complexity index is 800. The van der Waals surface area contributed by atoms with Crippen LogP contribution in [0.5, 0.6) is 0 Å². The number of sulfone groups is 1. The SMILES string of the molecule is CCC(C)COC(=O)/C=C/c1ccc(CCC2CCC(CS(=O)(=O)C(C)C)CC2)cc1. The average Bonchev–Trinajstić information content (AvgIpc) is 2.75. The minimum atomic E-state index is -2.93. The van der Waals surface area contributed by atoms with E-state index in [0.29, 0.717) is 30.1 Å². The van der Waals surface area contributed by atoms with E-state index in [4.69, 9.17) is 4.74 Å². The molecule has 1 aliphatic carbocycles. The number of hydrogen-bond acceptors (Lipinski definition) is 4. The molecule has 0 aliphatic heterocycles. The summed E-state index contributed by atoms with van der Waals surface area (Å²) in [5.74, 6) is 1.49. The van der Waals surface area contributed by atoms with Crippen LogP contribution in [0.25, 0.3) is 6.08 Å². The Labute approximate surface area is 189 Å². The van der Waals surface area contributed by atoms with E-state index in [1.54, 1.807) is 19.9 Å². The number of benzene rings is 1. The molecule has 1 aliphatic rings. The van der Waals surface area contributed by atoms with Crippen LogP contribution in [0.15, 0.2) is 30.3 Å². The van der Waals surface area contributed by atoms with Gasteiger partial charge in [-0.15, -0.1) is 0 Å². The first kappa shape index (κ1) is 25.6. The lowest BCUT2D eigenvalue weighted by molar-refractivity contribution is -0.138. The van der Waals surface area contributed by atoms with Gasteiger partial charge in [0.05, 0.1) is 17.6 Å². The minimum Gasteiger partial charge on any atom is -0.462 e. The van der Waals surface area contributed by atoms with E-state index in [0.717, 1.165) is 50.5 Å². The van der Waals surface area contributed by atoms with Crippen LogP contribution in [0.3, 0.4) is 0 Å². The summed E-state index contributed by atoms with van der Waals surface area (Å²) in [6.45, 7) is 8.18. The molecule has 1 unspecified atom stereocenters. The third-order valence-corrected chi connectivity index (χ3v) is 8.96. The highest BCUT2D eigenvalue weighted by Crippen LogP contribution is 2.33. The van der Waals surface area contributed by atoms with Crippen LogP contribution in [-0.2, 0) is 25.8 Å². The molecule has 1 fully saturated rings. The zero-order valence-corrected chi connectivity index (χ0v) is 20.5. The van der Waals surface area contributed by atoms with Crippen molar-refractivity contribution in [1.29, 1.82) is 0 Å². The number of carbonyl (C=O) groups excluding carboxylic acids is 1. The van der Waals surface area contributed by atoms with Crippen molar-refractivity contribution < 1.29 is 17.9 Å². The minimum absolute atomic E-state index is 0.265. The van der Waals surface area contributed by atoms with Crippen molar-refractivity contribution in [3.05, 3.63) is 41.5 Å². The molecule has 174 valence electrons. The van der Waals surface area contributed by atoms with Gasteiger partial charge in [-0.1, -0.05) is 57.4 Å². The Morgan fingerprint density at radius 2 is 1.68 bits per heavy atom.